The number of hydrogen-bond acceptors (Lipinski definition) is 5. The second-order valence-corrected chi connectivity index (χ2v) is 7.41. The van der Waals surface area contributed by atoms with E-state index in [0.717, 1.165) is 22.1 Å². The molecule has 152 valence electrons. The van der Waals surface area contributed by atoms with Gasteiger partial charge in [-0.05, 0) is 30.3 Å². The maximum absolute atomic E-state index is 12.8. The maximum atomic E-state index is 12.8. The van der Waals surface area contributed by atoms with Gasteiger partial charge < -0.3 is 23.9 Å². The van der Waals surface area contributed by atoms with Crippen LogP contribution < -0.4 is 10.5 Å². The SMILES string of the molecule is Cn1c(-c2cc3ccc(N4CCN(C(=O)O)CC4)cc3oc2=O)nc2ccccc21. The number of amides is 1. The molecule has 0 spiro atoms. The first-order valence-electron chi connectivity index (χ1n) is 9.74. The van der Waals surface area contributed by atoms with Crippen molar-refractivity contribution in [3.05, 3.63) is 59.0 Å². The highest BCUT2D eigenvalue weighted by molar-refractivity contribution is 5.86. The van der Waals surface area contributed by atoms with Crippen LogP contribution in [0.4, 0.5) is 10.5 Å². The van der Waals surface area contributed by atoms with E-state index in [-0.39, 0.29) is 0 Å². The Kier molecular flexibility index (Phi) is 4.20. The zero-order chi connectivity index (χ0) is 20.8. The van der Waals surface area contributed by atoms with E-state index < -0.39 is 11.7 Å². The number of aryl methyl sites for hydroxylation is 1. The summed E-state index contributed by atoms with van der Waals surface area (Å²) in [5, 5.41) is 9.91. The molecule has 1 aliphatic heterocycles. The van der Waals surface area contributed by atoms with Gasteiger partial charge in [0.1, 0.15) is 17.0 Å². The fraction of sp³-hybridized carbons (Fsp3) is 0.227. The molecule has 0 aliphatic carbocycles. The number of nitrogens with zero attached hydrogens (tertiary/aromatic N) is 4. The molecule has 1 amide bonds. The van der Waals surface area contributed by atoms with Crippen molar-refractivity contribution < 1.29 is 14.3 Å². The van der Waals surface area contributed by atoms with Crippen LogP contribution in [0, 0.1) is 0 Å². The van der Waals surface area contributed by atoms with Crippen molar-refractivity contribution in [1.29, 1.82) is 0 Å². The Morgan fingerprint density at radius 2 is 1.83 bits per heavy atom. The minimum Gasteiger partial charge on any atom is -0.465 e. The van der Waals surface area contributed by atoms with Crippen LogP contribution in [0.2, 0.25) is 0 Å². The molecule has 3 heterocycles. The Hall–Kier alpha value is -3.81. The van der Waals surface area contributed by atoms with Crippen molar-refractivity contribution in [2.45, 2.75) is 0 Å². The highest BCUT2D eigenvalue weighted by atomic mass is 16.4. The van der Waals surface area contributed by atoms with Gasteiger partial charge >= 0.3 is 11.7 Å². The molecular formula is C22H20N4O4. The Morgan fingerprint density at radius 1 is 1.07 bits per heavy atom. The van der Waals surface area contributed by atoms with E-state index in [4.69, 9.17) is 9.52 Å². The minimum atomic E-state index is -0.895. The molecule has 1 N–H and O–H groups in total. The molecule has 0 atom stereocenters. The molecule has 0 radical (unpaired) electrons. The number of carbonyl (C=O) groups is 1. The zero-order valence-electron chi connectivity index (χ0n) is 16.4. The first kappa shape index (κ1) is 18.2. The molecule has 1 saturated heterocycles. The smallest absolute Gasteiger partial charge is 0.407 e. The summed E-state index contributed by atoms with van der Waals surface area (Å²) in [5.41, 5.74) is 3.16. The van der Waals surface area contributed by atoms with Crippen molar-refractivity contribution in [2.24, 2.45) is 7.05 Å². The van der Waals surface area contributed by atoms with Gasteiger partial charge in [0.15, 0.2) is 0 Å². The first-order valence-corrected chi connectivity index (χ1v) is 9.74. The van der Waals surface area contributed by atoms with E-state index >= 15 is 0 Å². The number of aromatic nitrogens is 2. The molecule has 2 aromatic carbocycles. The average Bonchev–Trinajstić information content (AvgIpc) is 3.09. The molecule has 30 heavy (non-hydrogen) atoms. The molecule has 0 saturated carbocycles. The third-order valence-electron chi connectivity index (χ3n) is 5.66. The van der Waals surface area contributed by atoms with E-state index in [0.29, 0.717) is 43.1 Å². The number of piperazine rings is 1. The van der Waals surface area contributed by atoms with Crippen LogP contribution in [0.3, 0.4) is 0 Å². The standard InChI is InChI=1S/C22H20N4O4/c1-24-18-5-3-2-4-17(18)23-20(24)16-12-14-6-7-15(13-19(14)30-21(16)27)25-8-10-26(11-9-25)22(28)29/h2-7,12-13H,8-11H2,1H3,(H,28,29). The van der Waals surface area contributed by atoms with E-state index in [1.807, 2.05) is 60.1 Å². The van der Waals surface area contributed by atoms with Gasteiger partial charge in [-0.15, -0.1) is 0 Å². The number of fused-ring (bicyclic) bond motifs is 2. The molecule has 4 aromatic rings. The molecule has 0 unspecified atom stereocenters. The largest absolute Gasteiger partial charge is 0.465 e. The van der Waals surface area contributed by atoms with Crippen LogP contribution in [-0.2, 0) is 7.05 Å². The number of anilines is 1. The number of hydrogen-bond donors (Lipinski definition) is 1. The molecule has 8 heteroatoms. The average molecular weight is 404 g/mol. The summed E-state index contributed by atoms with van der Waals surface area (Å²) in [6, 6.07) is 15.3. The number of imidazole rings is 1. The zero-order valence-corrected chi connectivity index (χ0v) is 16.4. The third-order valence-corrected chi connectivity index (χ3v) is 5.66. The molecule has 2 aromatic heterocycles. The van der Waals surface area contributed by atoms with E-state index in [2.05, 4.69) is 9.88 Å². The van der Waals surface area contributed by atoms with Crippen LogP contribution in [0.15, 0.2) is 57.7 Å². The third kappa shape index (κ3) is 2.97. The summed E-state index contributed by atoms with van der Waals surface area (Å²) in [6.07, 6.45) is -0.895. The maximum Gasteiger partial charge on any atom is 0.407 e. The van der Waals surface area contributed by atoms with E-state index in [9.17, 15) is 9.59 Å². The molecule has 0 bridgehead atoms. The van der Waals surface area contributed by atoms with Gasteiger partial charge in [0.2, 0.25) is 0 Å². The second kappa shape index (κ2) is 6.91. The predicted molar refractivity (Wildman–Crippen MR) is 114 cm³/mol. The summed E-state index contributed by atoms with van der Waals surface area (Å²) in [4.78, 5) is 32.0. The minimum absolute atomic E-state index is 0.420. The van der Waals surface area contributed by atoms with Gasteiger partial charge in [-0.25, -0.2) is 14.6 Å². The Bertz CT molecular complexity index is 1330. The van der Waals surface area contributed by atoms with E-state index in [1.54, 1.807) is 0 Å². The molecule has 1 fully saturated rings. The number of carboxylic acid groups (broad SMARTS) is 1. The van der Waals surface area contributed by atoms with Crippen molar-refractivity contribution in [3.8, 4) is 11.4 Å². The highest BCUT2D eigenvalue weighted by Crippen LogP contribution is 2.27. The van der Waals surface area contributed by atoms with Crippen molar-refractivity contribution in [2.75, 3.05) is 31.1 Å². The van der Waals surface area contributed by atoms with Crippen molar-refractivity contribution >= 4 is 33.8 Å². The Balaban J connectivity index is 1.51. The number of rotatable bonds is 2. The fourth-order valence-electron chi connectivity index (χ4n) is 3.99. The van der Waals surface area contributed by atoms with Crippen LogP contribution in [0.25, 0.3) is 33.4 Å². The van der Waals surface area contributed by atoms with Gasteiger partial charge in [0.05, 0.1) is 11.0 Å². The van der Waals surface area contributed by atoms with Gasteiger partial charge in [-0.2, -0.15) is 0 Å². The molecule has 5 rings (SSSR count). The lowest BCUT2D eigenvalue weighted by molar-refractivity contribution is 0.142. The van der Waals surface area contributed by atoms with Crippen LogP contribution in [0.5, 0.6) is 0 Å². The molecule has 8 nitrogen and oxygen atoms in total. The molecule has 1 aliphatic rings. The molecular weight excluding hydrogens is 384 g/mol. The Labute approximate surface area is 171 Å². The summed E-state index contributed by atoms with van der Waals surface area (Å²) < 4.78 is 7.54. The summed E-state index contributed by atoms with van der Waals surface area (Å²) in [5.74, 6) is 0.570. The lowest BCUT2D eigenvalue weighted by atomic mass is 10.1. The van der Waals surface area contributed by atoms with Crippen LogP contribution >= 0.6 is 0 Å². The van der Waals surface area contributed by atoms with E-state index in [1.165, 1.54) is 4.90 Å². The summed E-state index contributed by atoms with van der Waals surface area (Å²) >= 11 is 0. The van der Waals surface area contributed by atoms with Crippen molar-refractivity contribution in [3.63, 3.8) is 0 Å². The Morgan fingerprint density at radius 3 is 2.57 bits per heavy atom. The predicted octanol–water partition coefficient (Wildman–Crippen LogP) is 3.15. The lowest BCUT2D eigenvalue weighted by Gasteiger charge is -2.34. The van der Waals surface area contributed by atoms with Gasteiger partial charge in [-0.1, -0.05) is 12.1 Å². The highest BCUT2D eigenvalue weighted by Gasteiger charge is 2.21. The monoisotopic (exact) mass is 404 g/mol. The summed E-state index contributed by atoms with van der Waals surface area (Å²) in [7, 11) is 1.88. The first-order chi connectivity index (χ1) is 14.5. The number of benzene rings is 2. The topological polar surface area (TPSA) is 91.8 Å². The van der Waals surface area contributed by atoms with Gasteiger partial charge in [-0.3, -0.25) is 0 Å². The summed E-state index contributed by atoms with van der Waals surface area (Å²) in [6.45, 7) is 2.09. The van der Waals surface area contributed by atoms with Crippen LogP contribution in [0.1, 0.15) is 0 Å². The van der Waals surface area contributed by atoms with Gasteiger partial charge in [0.25, 0.3) is 0 Å². The fourth-order valence-corrected chi connectivity index (χ4v) is 3.99. The second-order valence-electron chi connectivity index (χ2n) is 7.41. The number of para-hydroxylation sites is 2. The van der Waals surface area contributed by atoms with Gasteiger partial charge in [0, 0.05) is 50.4 Å². The van der Waals surface area contributed by atoms with Crippen molar-refractivity contribution in [1.82, 2.24) is 14.5 Å². The lowest BCUT2D eigenvalue weighted by Crippen LogP contribution is -2.48. The van der Waals surface area contributed by atoms with Crippen LogP contribution in [-0.4, -0.2) is 51.8 Å². The normalized spacial score (nSPS) is 14.6. The quantitative estimate of drug-likeness (QED) is 0.516.